The van der Waals surface area contributed by atoms with E-state index in [4.69, 9.17) is 0 Å². The number of nitrogens with zero attached hydrogens (tertiary/aromatic N) is 1. The third-order valence-corrected chi connectivity index (χ3v) is 3.79. The summed E-state index contributed by atoms with van der Waals surface area (Å²) in [4.78, 5) is 34.4. The summed E-state index contributed by atoms with van der Waals surface area (Å²) >= 11 is 0. The van der Waals surface area contributed by atoms with Gasteiger partial charge in [-0.25, -0.2) is 4.79 Å². The molecule has 0 heterocycles. The molecule has 0 aromatic heterocycles. The Morgan fingerprint density at radius 3 is 2.39 bits per heavy atom. The van der Waals surface area contributed by atoms with Gasteiger partial charge in [0.15, 0.2) is 0 Å². The molecule has 1 aromatic carbocycles. The second kappa shape index (κ2) is 7.71. The van der Waals surface area contributed by atoms with E-state index in [1.54, 1.807) is 19.9 Å². The van der Waals surface area contributed by atoms with Crippen molar-refractivity contribution >= 4 is 17.6 Å². The molecule has 0 saturated carbocycles. The lowest BCUT2D eigenvalue weighted by atomic mass is 9.96. The average Bonchev–Trinajstić information content (AvgIpc) is 2.41. The molecule has 0 radical (unpaired) electrons. The number of carbonyl (C=O) groups excluding carboxylic acids is 1. The number of unbranched alkanes of at least 4 members (excludes halogenated alkanes) is 1. The van der Waals surface area contributed by atoms with Gasteiger partial charge in [0.25, 0.3) is 11.6 Å². The van der Waals surface area contributed by atoms with E-state index >= 15 is 0 Å². The number of amides is 1. The Balaban J connectivity index is 3.19. The van der Waals surface area contributed by atoms with Gasteiger partial charge in [0.05, 0.1) is 10.5 Å². The van der Waals surface area contributed by atoms with Gasteiger partial charge >= 0.3 is 5.97 Å². The molecule has 23 heavy (non-hydrogen) atoms. The van der Waals surface area contributed by atoms with Crippen LogP contribution in [0.3, 0.4) is 0 Å². The normalized spacial score (nSPS) is 11.8. The summed E-state index contributed by atoms with van der Waals surface area (Å²) in [5.74, 6) is -1.70. The fourth-order valence-corrected chi connectivity index (χ4v) is 2.70. The molecule has 7 heteroatoms. The number of nitrogens with one attached hydrogen (secondary N) is 1. The van der Waals surface area contributed by atoms with E-state index in [2.05, 4.69) is 5.32 Å². The number of aryl methyl sites for hydroxylation is 2. The highest BCUT2D eigenvalue weighted by molar-refractivity contribution is 6.00. The first-order valence-corrected chi connectivity index (χ1v) is 7.49. The van der Waals surface area contributed by atoms with Crippen LogP contribution >= 0.6 is 0 Å². The van der Waals surface area contributed by atoms with Crippen molar-refractivity contribution in [2.45, 2.75) is 53.0 Å². The van der Waals surface area contributed by atoms with Crippen LogP contribution in [-0.2, 0) is 4.79 Å². The zero-order valence-electron chi connectivity index (χ0n) is 13.8. The van der Waals surface area contributed by atoms with E-state index in [1.165, 1.54) is 6.92 Å². The number of carboxylic acid groups (broad SMARTS) is 1. The molecular formula is C16H22N2O5. The first kappa shape index (κ1) is 18.6. The van der Waals surface area contributed by atoms with Crippen LogP contribution in [0.5, 0.6) is 0 Å². The molecule has 0 spiro atoms. The van der Waals surface area contributed by atoms with E-state index in [9.17, 15) is 24.8 Å². The van der Waals surface area contributed by atoms with Crippen LogP contribution in [0.25, 0.3) is 0 Å². The summed E-state index contributed by atoms with van der Waals surface area (Å²) in [5.41, 5.74) is 1.38. The number of nitro groups is 1. The molecular weight excluding hydrogens is 300 g/mol. The second-order valence-corrected chi connectivity index (χ2v) is 5.62. The SMILES string of the molecule is CCCCC(NC(=O)c1c(C)cc(C)c([N+](=O)[O-])c1C)C(=O)O. The summed E-state index contributed by atoms with van der Waals surface area (Å²) in [6, 6.07) is 0.573. The van der Waals surface area contributed by atoms with Gasteiger partial charge in [-0.05, 0) is 38.8 Å². The second-order valence-electron chi connectivity index (χ2n) is 5.62. The molecule has 1 unspecified atom stereocenters. The Morgan fingerprint density at radius 2 is 1.91 bits per heavy atom. The minimum absolute atomic E-state index is 0.110. The van der Waals surface area contributed by atoms with E-state index in [-0.39, 0.29) is 16.8 Å². The molecule has 0 bridgehead atoms. The standard InChI is InChI=1S/C16H22N2O5/c1-5-6-7-12(16(20)21)17-15(19)13-9(2)8-10(3)14(11(13)4)18(22)23/h8,12H,5-7H2,1-4H3,(H,17,19)(H,20,21). The van der Waals surface area contributed by atoms with Crippen molar-refractivity contribution in [2.24, 2.45) is 0 Å². The first-order valence-electron chi connectivity index (χ1n) is 7.49. The van der Waals surface area contributed by atoms with Gasteiger partial charge in [0, 0.05) is 11.1 Å². The summed E-state index contributed by atoms with van der Waals surface area (Å²) in [6.07, 6.45) is 1.81. The van der Waals surface area contributed by atoms with Crippen molar-refractivity contribution in [1.29, 1.82) is 0 Å². The lowest BCUT2D eigenvalue weighted by molar-refractivity contribution is -0.386. The Hall–Kier alpha value is -2.44. The molecule has 1 rings (SSSR count). The van der Waals surface area contributed by atoms with Crippen molar-refractivity contribution in [3.63, 3.8) is 0 Å². The zero-order valence-corrected chi connectivity index (χ0v) is 13.8. The van der Waals surface area contributed by atoms with E-state index in [1.807, 2.05) is 6.92 Å². The molecule has 1 amide bonds. The maximum Gasteiger partial charge on any atom is 0.326 e. The maximum atomic E-state index is 12.5. The summed E-state index contributed by atoms with van der Waals surface area (Å²) in [7, 11) is 0. The quantitative estimate of drug-likeness (QED) is 0.592. The van der Waals surface area contributed by atoms with Crippen LogP contribution in [-0.4, -0.2) is 27.9 Å². The maximum absolute atomic E-state index is 12.5. The highest BCUT2D eigenvalue weighted by Gasteiger charge is 2.26. The topological polar surface area (TPSA) is 110 Å². The summed E-state index contributed by atoms with van der Waals surface area (Å²) < 4.78 is 0. The third-order valence-electron chi connectivity index (χ3n) is 3.79. The molecule has 0 aliphatic rings. The number of rotatable bonds is 7. The Morgan fingerprint density at radius 1 is 1.30 bits per heavy atom. The molecule has 2 N–H and O–H groups in total. The lowest BCUT2D eigenvalue weighted by Crippen LogP contribution is -2.41. The molecule has 0 aliphatic carbocycles. The van der Waals surface area contributed by atoms with Crippen LogP contribution in [0.4, 0.5) is 5.69 Å². The number of aliphatic carboxylic acids is 1. The van der Waals surface area contributed by atoms with Gasteiger partial charge in [-0.1, -0.05) is 19.8 Å². The van der Waals surface area contributed by atoms with E-state index in [0.29, 0.717) is 24.0 Å². The Labute approximate surface area is 134 Å². The molecule has 1 aromatic rings. The van der Waals surface area contributed by atoms with Crippen molar-refractivity contribution < 1.29 is 19.6 Å². The minimum atomic E-state index is -1.11. The molecule has 1 atom stereocenters. The third kappa shape index (κ3) is 4.28. The number of hydrogen-bond acceptors (Lipinski definition) is 4. The van der Waals surface area contributed by atoms with Gasteiger partial charge in [0.2, 0.25) is 0 Å². The number of hydrogen-bond donors (Lipinski definition) is 2. The summed E-state index contributed by atoms with van der Waals surface area (Å²) in [6.45, 7) is 6.73. The summed E-state index contributed by atoms with van der Waals surface area (Å²) in [5, 5.41) is 22.9. The Bertz CT molecular complexity index is 640. The van der Waals surface area contributed by atoms with Crippen LogP contribution < -0.4 is 5.32 Å². The van der Waals surface area contributed by atoms with Crippen LogP contribution in [0.1, 0.15) is 53.2 Å². The zero-order chi connectivity index (χ0) is 17.7. The fourth-order valence-electron chi connectivity index (χ4n) is 2.70. The van der Waals surface area contributed by atoms with E-state index in [0.717, 1.165) is 6.42 Å². The van der Waals surface area contributed by atoms with Crippen molar-refractivity contribution in [2.75, 3.05) is 0 Å². The number of carboxylic acids is 1. The van der Waals surface area contributed by atoms with E-state index < -0.39 is 22.8 Å². The van der Waals surface area contributed by atoms with Gasteiger partial charge in [-0.2, -0.15) is 0 Å². The minimum Gasteiger partial charge on any atom is -0.480 e. The Kier molecular flexibility index (Phi) is 6.24. The van der Waals surface area contributed by atoms with Crippen molar-refractivity contribution in [3.05, 3.63) is 38.4 Å². The van der Waals surface area contributed by atoms with Crippen molar-refractivity contribution in [1.82, 2.24) is 5.32 Å². The molecule has 0 fully saturated rings. The van der Waals surface area contributed by atoms with Crippen LogP contribution in [0, 0.1) is 30.9 Å². The number of carbonyl (C=O) groups is 2. The molecule has 7 nitrogen and oxygen atoms in total. The highest BCUT2D eigenvalue weighted by Crippen LogP contribution is 2.28. The number of benzene rings is 1. The van der Waals surface area contributed by atoms with Gasteiger partial charge < -0.3 is 10.4 Å². The highest BCUT2D eigenvalue weighted by atomic mass is 16.6. The average molecular weight is 322 g/mol. The predicted octanol–water partition coefficient (Wildman–Crippen LogP) is 2.89. The fraction of sp³-hybridized carbons (Fsp3) is 0.500. The lowest BCUT2D eigenvalue weighted by Gasteiger charge is -2.17. The van der Waals surface area contributed by atoms with Gasteiger partial charge in [0.1, 0.15) is 6.04 Å². The van der Waals surface area contributed by atoms with Crippen LogP contribution in [0.2, 0.25) is 0 Å². The molecule has 0 saturated heterocycles. The number of nitro benzene ring substituents is 1. The largest absolute Gasteiger partial charge is 0.480 e. The molecule has 126 valence electrons. The van der Waals surface area contributed by atoms with Crippen molar-refractivity contribution in [3.8, 4) is 0 Å². The van der Waals surface area contributed by atoms with Gasteiger partial charge in [-0.3, -0.25) is 14.9 Å². The monoisotopic (exact) mass is 322 g/mol. The smallest absolute Gasteiger partial charge is 0.326 e. The first-order chi connectivity index (χ1) is 10.7. The molecule has 0 aliphatic heterocycles. The van der Waals surface area contributed by atoms with Crippen LogP contribution in [0.15, 0.2) is 6.07 Å². The predicted molar refractivity (Wildman–Crippen MR) is 85.7 cm³/mol. The van der Waals surface area contributed by atoms with Gasteiger partial charge in [-0.15, -0.1) is 0 Å².